The highest BCUT2D eigenvalue weighted by molar-refractivity contribution is 5.78. The first kappa shape index (κ1) is 17.0. The lowest BCUT2D eigenvalue weighted by Gasteiger charge is -2.38. The van der Waals surface area contributed by atoms with E-state index in [-0.39, 0.29) is 11.3 Å². The third kappa shape index (κ3) is 3.79. The molecule has 3 rings (SSSR count). The summed E-state index contributed by atoms with van der Waals surface area (Å²) in [4.78, 5) is 16.8. The van der Waals surface area contributed by atoms with Crippen molar-refractivity contribution >= 4 is 5.91 Å². The molecule has 0 atom stereocenters. The minimum atomic E-state index is -0.386. The SMILES string of the molecule is N#CC1(c2ccccc2)CCN(CC(=O)N2CCCCCC2)CC1. The van der Waals surface area contributed by atoms with E-state index in [0.29, 0.717) is 6.54 Å². The molecule has 0 saturated carbocycles. The van der Waals surface area contributed by atoms with Crippen LogP contribution in [0.5, 0.6) is 0 Å². The Bertz CT molecular complexity index is 577. The monoisotopic (exact) mass is 325 g/mol. The molecule has 2 heterocycles. The molecule has 0 unspecified atom stereocenters. The van der Waals surface area contributed by atoms with Crippen LogP contribution in [0.4, 0.5) is 0 Å². The van der Waals surface area contributed by atoms with E-state index in [1.807, 2.05) is 23.1 Å². The zero-order chi connectivity index (χ0) is 16.8. The maximum atomic E-state index is 12.5. The van der Waals surface area contributed by atoms with E-state index in [4.69, 9.17) is 0 Å². The summed E-state index contributed by atoms with van der Waals surface area (Å²) in [6.07, 6.45) is 6.38. The Morgan fingerprint density at radius 1 is 1.00 bits per heavy atom. The van der Waals surface area contributed by atoms with Gasteiger partial charge in [0.1, 0.15) is 0 Å². The second-order valence-electron chi connectivity index (χ2n) is 7.13. The van der Waals surface area contributed by atoms with Crippen LogP contribution in [0.2, 0.25) is 0 Å². The molecular weight excluding hydrogens is 298 g/mol. The lowest BCUT2D eigenvalue weighted by Crippen LogP contribution is -2.47. The van der Waals surface area contributed by atoms with Gasteiger partial charge < -0.3 is 4.90 Å². The Kier molecular flexibility index (Phi) is 5.52. The third-order valence-electron chi connectivity index (χ3n) is 5.57. The number of carbonyl (C=O) groups excluding carboxylic acids is 1. The number of rotatable bonds is 3. The van der Waals surface area contributed by atoms with Crippen molar-refractivity contribution in [3.05, 3.63) is 35.9 Å². The molecule has 24 heavy (non-hydrogen) atoms. The van der Waals surface area contributed by atoms with Crippen LogP contribution >= 0.6 is 0 Å². The largest absolute Gasteiger partial charge is 0.342 e. The number of likely N-dealkylation sites (tertiary alicyclic amines) is 2. The van der Waals surface area contributed by atoms with Crippen LogP contribution in [0.25, 0.3) is 0 Å². The van der Waals surface area contributed by atoms with Crippen molar-refractivity contribution in [1.29, 1.82) is 5.26 Å². The molecule has 2 aliphatic heterocycles. The second-order valence-corrected chi connectivity index (χ2v) is 7.13. The number of benzene rings is 1. The van der Waals surface area contributed by atoms with Gasteiger partial charge in [-0.15, -0.1) is 0 Å². The quantitative estimate of drug-likeness (QED) is 0.858. The molecule has 2 aliphatic rings. The van der Waals surface area contributed by atoms with Gasteiger partial charge >= 0.3 is 0 Å². The summed E-state index contributed by atoms with van der Waals surface area (Å²) in [7, 11) is 0. The predicted molar refractivity (Wildman–Crippen MR) is 94.5 cm³/mol. The smallest absolute Gasteiger partial charge is 0.236 e. The van der Waals surface area contributed by atoms with E-state index in [2.05, 4.69) is 23.1 Å². The van der Waals surface area contributed by atoms with Crippen molar-refractivity contribution in [3.8, 4) is 6.07 Å². The van der Waals surface area contributed by atoms with Crippen molar-refractivity contribution in [3.63, 3.8) is 0 Å². The van der Waals surface area contributed by atoms with Gasteiger partial charge in [0, 0.05) is 26.2 Å². The van der Waals surface area contributed by atoms with Gasteiger partial charge in [0.25, 0.3) is 0 Å². The first-order valence-corrected chi connectivity index (χ1v) is 9.20. The lowest BCUT2D eigenvalue weighted by molar-refractivity contribution is -0.132. The number of hydrogen-bond acceptors (Lipinski definition) is 3. The standard InChI is InChI=1S/C20H27N3O/c21-17-20(18-8-4-3-5-9-18)10-14-22(15-11-20)16-19(24)23-12-6-1-2-7-13-23/h3-5,8-9H,1-2,6-7,10-16H2. The van der Waals surface area contributed by atoms with Crippen molar-refractivity contribution < 1.29 is 4.79 Å². The first-order chi connectivity index (χ1) is 11.7. The summed E-state index contributed by atoms with van der Waals surface area (Å²) >= 11 is 0. The second kappa shape index (κ2) is 7.81. The molecule has 0 spiro atoms. The van der Waals surface area contributed by atoms with Gasteiger partial charge in [-0.05, 0) is 31.2 Å². The van der Waals surface area contributed by atoms with E-state index in [0.717, 1.165) is 57.4 Å². The summed E-state index contributed by atoms with van der Waals surface area (Å²) in [5.74, 6) is 0.265. The van der Waals surface area contributed by atoms with E-state index in [1.165, 1.54) is 12.8 Å². The molecule has 2 saturated heterocycles. The van der Waals surface area contributed by atoms with E-state index >= 15 is 0 Å². The van der Waals surface area contributed by atoms with Gasteiger partial charge in [-0.3, -0.25) is 9.69 Å². The van der Waals surface area contributed by atoms with Gasteiger partial charge in [0.05, 0.1) is 18.0 Å². The maximum Gasteiger partial charge on any atom is 0.236 e. The highest BCUT2D eigenvalue weighted by Gasteiger charge is 2.37. The molecule has 0 aliphatic carbocycles. The average molecular weight is 325 g/mol. The normalized spacial score (nSPS) is 21.7. The topological polar surface area (TPSA) is 47.3 Å². The Labute approximate surface area is 145 Å². The minimum absolute atomic E-state index is 0.265. The van der Waals surface area contributed by atoms with Gasteiger partial charge in [0.15, 0.2) is 0 Å². The molecule has 128 valence electrons. The number of carbonyl (C=O) groups is 1. The number of amides is 1. The number of hydrogen-bond donors (Lipinski definition) is 0. The van der Waals surface area contributed by atoms with Crippen LogP contribution < -0.4 is 0 Å². The third-order valence-corrected chi connectivity index (χ3v) is 5.57. The molecule has 1 aromatic rings. The molecule has 4 nitrogen and oxygen atoms in total. The summed E-state index contributed by atoms with van der Waals surface area (Å²) in [5, 5.41) is 9.75. The Morgan fingerprint density at radius 2 is 1.62 bits per heavy atom. The zero-order valence-electron chi connectivity index (χ0n) is 14.4. The lowest BCUT2D eigenvalue weighted by atomic mass is 9.74. The van der Waals surface area contributed by atoms with E-state index in [9.17, 15) is 10.1 Å². The van der Waals surface area contributed by atoms with Crippen LogP contribution in [0, 0.1) is 11.3 Å². The molecule has 1 amide bonds. The number of nitriles is 1. The fraction of sp³-hybridized carbons (Fsp3) is 0.600. The fourth-order valence-corrected chi connectivity index (χ4v) is 3.93. The van der Waals surface area contributed by atoms with E-state index in [1.54, 1.807) is 0 Å². The van der Waals surface area contributed by atoms with Gasteiger partial charge in [-0.2, -0.15) is 5.26 Å². The molecule has 0 aromatic heterocycles. The summed E-state index contributed by atoms with van der Waals surface area (Å²) < 4.78 is 0. The maximum absolute atomic E-state index is 12.5. The first-order valence-electron chi connectivity index (χ1n) is 9.20. The molecule has 0 radical (unpaired) electrons. The predicted octanol–water partition coefficient (Wildman–Crippen LogP) is 2.95. The fourth-order valence-electron chi connectivity index (χ4n) is 3.93. The molecule has 2 fully saturated rings. The van der Waals surface area contributed by atoms with Crippen molar-refractivity contribution in [2.24, 2.45) is 0 Å². The highest BCUT2D eigenvalue weighted by atomic mass is 16.2. The Hall–Kier alpha value is -1.86. The van der Waals surface area contributed by atoms with Gasteiger partial charge in [-0.25, -0.2) is 0 Å². The summed E-state index contributed by atoms with van der Waals surface area (Å²) in [6.45, 7) is 3.98. The van der Waals surface area contributed by atoms with Gasteiger partial charge in [0.2, 0.25) is 5.91 Å². The molecule has 4 heteroatoms. The summed E-state index contributed by atoms with van der Waals surface area (Å²) in [5.41, 5.74) is 0.731. The minimum Gasteiger partial charge on any atom is -0.342 e. The Balaban J connectivity index is 1.56. The zero-order valence-corrected chi connectivity index (χ0v) is 14.4. The molecule has 0 N–H and O–H groups in total. The molecule has 0 bridgehead atoms. The van der Waals surface area contributed by atoms with Crippen molar-refractivity contribution in [2.45, 2.75) is 43.9 Å². The highest BCUT2D eigenvalue weighted by Crippen LogP contribution is 2.34. The van der Waals surface area contributed by atoms with Crippen molar-refractivity contribution in [1.82, 2.24) is 9.80 Å². The number of piperidine rings is 1. The summed E-state index contributed by atoms with van der Waals surface area (Å²) in [6, 6.07) is 12.7. The van der Waals surface area contributed by atoms with Crippen LogP contribution in [-0.4, -0.2) is 48.4 Å². The van der Waals surface area contributed by atoms with E-state index < -0.39 is 0 Å². The molecular formula is C20H27N3O. The van der Waals surface area contributed by atoms with Crippen LogP contribution in [0.15, 0.2) is 30.3 Å². The molecule has 1 aromatic carbocycles. The van der Waals surface area contributed by atoms with Crippen molar-refractivity contribution in [2.75, 3.05) is 32.7 Å². The van der Waals surface area contributed by atoms with Crippen LogP contribution in [0.1, 0.15) is 44.1 Å². The average Bonchev–Trinajstić information content (AvgIpc) is 2.93. The van der Waals surface area contributed by atoms with Gasteiger partial charge in [-0.1, -0.05) is 43.2 Å². The van der Waals surface area contributed by atoms with Crippen LogP contribution in [0.3, 0.4) is 0 Å². The van der Waals surface area contributed by atoms with Crippen LogP contribution in [-0.2, 0) is 10.2 Å². The Morgan fingerprint density at radius 3 is 2.21 bits per heavy atom. The number of nitrogens with zero attached hydrogens (tertiary/aromatic N) is 3.